The van der Waals surface area contributed by atoms with Gasteiger partial charge in [-0.05, 0) is 32.2 Å². The largest absolute Gasteiger partial charge is 0.339 e. The fourth-order valence-corrected chi connectivity index (χ4v) is 4.83. The molecule has 0 spiro atoms. The van der Waals surface area contributed by atoms with Crippen LogP contribution in [0, 0.1) is 0 Å². The quantitative estimate of drug-likeness (QED) is 0.864. The lowest BCUT2D eigenvalue weighted by atomic mass is 10.0. The van der Waals surface area contributed by atoms with E-state index in [-0.39, 0.29) is 0 Å². The van der Waals surface area contributed by atoms with Gasteiger partial charge in [-0.3, -0.25) is 0 Å². The van der Waals surface area contributed by atoms with Gasteiger partial charge in [-0.25, -0.2) is 0 Å². The summed E-state index contributed by atoms with van der Waals surface area (Å²) in [7, 11) is 0. The van der Waals surface area contributed by atoms with Gasteiger partial charge in [0.15, 0.2) is 5.82 Å². The van der Waals surface area contributed by atoms with Gasteiger partial charge in [0.2, 0.25) is 5.89 Å². The van der Waals surface area contributed by atoms with Crippen molar-refractivity contribution in [3.8, 4) is 0 Å². The molecule has 2 fully saturated rings. The fourth-order valence-electron chi connectivity index (χ4n) is 3.66. The number of hydrogen-bond acceptors (Lipinski definition) is 5. The third-order valence-corrected chi connectivity index (χ3v) is 6.15. The predicted octanol–water partition coefficient (Wildman–Crippen LogP) is 3.88. The summed E-state index contributed by atoms with van der Waals surface area (Å²) < 4.78 is 5.55. The Morgan fingerprint density at radius 2 is 2.00 bits per heavy atom. The summed E-state index contributed by atoms with van der Waals surface area (Å²) in [6.07, 6.45) is 10.6. The van der Waals surface area contributed by atoms with Crippen molar-refractivity contribution in [1.82, 2.24) is 15.5 Å². The van der Waals surface area contributed by atoms with Crippen LogP contribution in [0.4, 0.5) is 0 Å². The zero-order valence-electron chi connectivity index (χ0n) is 13.0. The molecule has 4 nitrogen and oxygen atoms in total. The van der Waals surface area contributed by atoms with E-state index in [1.165, 1.54) is 51.4 Å². The molecule has 0 radical (unpaired) electrons. The van der Waals surface area contributed by atoms with Crippen LogP contribution in [0.1, 0.15) is 75.9 Å². The van der Waals surface area contributed by atoms with Crippen LogP contribution in [0.2, 0.25) is 0 Å². The Kier molecular flexibility index (Phi) is 5.58. The molecule has 0 aliphatic heterocycles. The van der Waals surface area contributed by atoms with E-state index in [2.05, 4.69) is 22.4 Å². The normalized spacial score (nSPS) is 27.3. The van der Waals surface area contributed by atoms with E-state index >= 15 is 0 Å². The smallest absolute Gasteiger partial charge is 0.231 e. The topological polar surface area (TPSA) is 51.0 Å². The third kappa shape index (κ3) is 4.01. The molecule has 2 saturated carbocycles. The molecule has 3 rings (SSSR count). The molecule has 1 aromatic rings. The van der Waals surface area contributed by atoms with Crippen molar-refractivity contribution in [2.75, 3.05) is 6.54 Å². The van der Waals surface area contributed by atoms with Gasteiger partial charge in [-0.15, -0.1) is 0 Å². The molecule has 1 heterocycles. The summed E-state index contributed by atoms with van der Waals surface area (Å²) in [5.74, 6) is 3.08. The van der Waals surface area contributed by atoms with Crippen molar-refractivity contribution in [3.63, 3.8) is 0 Å². The number of likely N-dealkylation sites (N-methyl/N-ethyl adjacent to an activating group) is 1. The van der Waals surface area contributed by atoms with Crippen LogP contribution in [0.3, 0.4) is 0 Å². The first-order valence-corrected chi connectivity index (χ1v) is 9.59. The lowest BCUT2D eigenvalue weighted by Gasteiger charge is -2.20. The third-order valence-electron chi connectivity index (χ3n) is 4.78. The molecule has 2 aliphatic rings. The highest BCUT2D eigenvalue weighted by Gasteiger charge is 2.32. The van der Waals surface area contributed by atoms with E-state index in [0.29, 0.717) is 12.0 Å². The van der Waals surface area contributed by atoms with Crippen LogP contribution in [-0.4, -0.2) is 28.0 Å². The molecule has 2 unspecified atom stereocenters. The second-order valence-corrected chi connectivity index (χ2v) is 7.61. The van der Waals surface area contributed by atoms with Crippen molar-refractivity contribution >= 4 is 11.8 Å². The van der Waals surface area contributed by atoms with Crippen molar-refractivity contribution in [3.05, 3.63) is 11.7 Å². The Hall–Kier alpha value is -0.550. The molecule has 2 atom stereocenters. The molecular formula is C16H27N3OS. The molecule has 5 heteroatoms. The van der Waals surface area contributed by atoms with E-state index in [1.807, 2.05) is 11.8 Å². The minimum Gasteiger partial charge on any atom is -0.339 e. The zero-order valence-corrected chi connectivity index (χ0v) is 13.8. The SMILES string of the molecule is CCNC1CCCC1c1nc(CSC2CCCCC2)no1. The maximum absolute atomic E-state index is 5.55. The van der Waals surface area contributed by atoms with Crippen molar-refractivity contribution in [1.29, 1.82) is 0 Å². The first kappa shape index (κ1) is 15.3. The molecule has 1 N–H and O–H groups in total. The summed E-state index contributed by atoms with van der Waals surface area (Å²) in [6, 6.07) is 0.522. The molecule has 118 valence electrons. The maximum atomic E-state index is 5.55. The van der Waals surface area contributed by atoms with Gasteiger partial charge in [-0.2, -0.15) is 16.7 Å². The van der Waals surface area contributed by atoms with Crippen LogP contribution in [0.15, 0.2) is 4.52 Å². The Bertz CT molecular complexity index is 431. The van der Waals surface area contributed by atoms with E-state index in [9.17, 15) is 0 Å². The number of nitrogens with one attached hydrogen (secondary N) is 1. The highest BCUT2D eigenvalue weighted by atomic mass is 32.2. The summed E-state index contributed by atoms with van der Waals surface area (Å²) in [5.41, 5.74) is 0. The van der Waals surface area contributed by atoms with Crippen molar-refractivity contribution < 1.29 is 4.52 Å². The predicted molar refractivity (Wildman–Crippen MR) is 86.5 cm³/mol. The molecule has 0 aromatic carbocycles. The molecule has 1 aromatic heterocycles. The Morgan fingerprint density at radius 3 is 2.81 bits per heavy atom. The van der Waals surface area contributed by atoms with Gasteiger partial charge in [0.25, 0.3) is 0 Å². The summed E-state index contributed by atoms with van der Waals surface area (Å²) in [6.45, 7) is 3.18. The molecular weight excluding hydrogens is 282 g/mol. The van der Waals surface area contributed by atoms with Gasteiger partial charge in [0, 0.05) is 11.3 Å². The van der Waals surface area contributed by atoms with Crippen LogP contribution in [0.5, 0.6) is 0 Å². The van der Waals surface area contributed by atoms with E-state index < -0.39 is 0 Å². The first-order chi connectivity index (χ1) is 10.4. The lowest BCUT2D eigenvalue weighted by molar-refractivity contribution is 0.329. The average Bonchev–Trinajstić information content (AvgIpc) is 3.15. The van der Waals surface area contributed by atoms with Gasteiger partial charge in [0.1, 0.15) is 0 Å². The highest BCUT2D eigenvalue weighted by Crippen LogP contribution is 2.34. The average molecular weight is 309 g/mol. The zero-order chi connectivity index (χ0) is 14.5. The van der Waals surface area contributed by atoms with E-state index in [1.54, 1.807) is 0 Å². The monoisotopic (exact) mass is 309 g/mol. The van der Waals surface area contributed by atoms with E-state index in [4.69, 9.17) is 4.52 Å². The number of nitrogens with zero attached hydrogens (tertiary/aromatic N) is 2. The fraction of sp³-hybridized carbons (Fsp3) is 0.875. The van der Waals surface area contributed by atoms with Crippen molar-refractivity contribution in [2.45, 2.75) is 81.3 Å². The van der Waals surface area contributed by atoms with Crippen LogP contribution < -0.4 is 5.32 Å². The Balaban J connectivity index is 1.53. The summed E-state index contributed by atoms with van der Waals surface area (Å²) in [4.78, 5) is 4.67. The highest BCUT2D eigenvalue weighted by molar-refractivity contribution is 7.99. The first-order valence-electron chi connectivity index (χ1n) is 8.54. The second-order valence-electron chi connectivity index (χ2n) is 6.32. The second kappa shape index (κ2) is 7.63. The van der Waals surface area contributed by atoms with Crippen LogP contribution in [0.25, 0.3) is 0 Å². The Morgan fingerprint density at radius 1 is 1.14 bits per heavy atom. The standard InChI is InChI=1S/C16H27N3OS/c1-2-17-14-10-6-9-13(14)16-18-15(19-20-16)11-21-12-7-4-3-5-8-12/h12-14,17H,2-11H2,1H3. The molecule has 0 saturated heterocycles. The molecule has 0 bridgehead atoms. The summed E-state index contributed by atoms with van der Waals surface area (Å²) >= 11 is 2.02. The minimum atomic E-state index is 0.422. The molecule has 2 aliphatic carbocycles. The van der Waals surface area contributed by atoms with Crippen LogP contribution >= 0.6 is 11.8 Å². The summed E-state index contributed by atoms with van der Waals surface area (Å²) in [5, 5.41) is 8.57. The van der Waals surface area contributed by atoms with Crippen LogP contribution in [-0.2, 0) is 5.75 Å². The van der Waals surface area contributed by atoms with Gasteiger partial charge in [-0.1, -0.05) is 37.8 Å². The van der Waals surface area contributed by atoms with Gasteiger partial charge < -0.3 is 9.84 Å². The number of hydrogen-bond donors (Lipinski definition) is 1. The van der Waals surface area contributed by atoms with E-state index in [0.717, 1.165) is 29.3 Å². The maximum Gasteiger partial charge on any atom is 0.231 e. The number of thioether (sulfide) groups is 1. The van der Waals surface area contributed by atoms with Gasteiger partial charge >= 0.3 is 0 Å². The number of rotatable bonds is 6. The minimum absolute atomic E-state index is 0.422. The van der Waals surface area contributed by atoms with Crippen molar-refractivity contribution in [2.24, 2.45) is 0 Å². The molecule has 21 heavy (non-hydrogen) atoms. The lowest BCUT2D eigenvalue weighted by Crippen LogP contribution is -2.31. The number of aromatic nitrogens is 2. The molecule has 0 amide bonds. The Labute approximate surface area is 131 Å². The van der Waals surface area contributed by atoms with Gasteiger partial charge in [0.05, 0.1) is 11.7 Å².